The van der Waals surface area contributed by atoms with Crippen molar-refractivity contribution in [3.63, 3.8) is 0 Å². The van der Waals surface area contributed by atoms with E-state index in [0.717, 1.165) is 72.4 Å². The predicted molar refractivity (Wildman–Crippen MR) is 199 cm³/mol. The number of aromatic nitrogens is 4. The number of carbonyl (C=O) groups excluding carboxylic acids is 1. The Hall–Kier alpha value is -4.89. The summed E-state index contributed by atoms with van der Waals surface area (Å²) in [6, 6.07) is 31.3. The zero-order chi connectivity index (χ0) is 35.8. The highest BCUT2D eigenvalue weighted by molar-refractivity contribution is 7.95. The van der Waals surface area contributed by atoms with Crippen molar-refractivity contribution < 1.29 is 24.3 Å². The number of aromatic amines is 1. The van der Waals surface area contributed by atoms with Crippen LogP contribution in [-0.4, -0.2) is 89.0 Å². The number of aliphatic hydroxyl groups excluding tert-OH is 3. The summed E-state index contributed by atoms with van der Waals surface area (Å²) in [4.78, 5) is 41.4. The molecule has 52 heavy (non-hydrogen) atoms. The molecule has 4 aromatic carbocycles. The third-order valence-corrected chi connectivity index (χ3v) is 10.9. The van der Waals surface area contributed by atoms with Gasteiger partial charge in [0.25, 0.3) is 5.91 Å². The van der Waals surface area contributed by atoms with E-state index in [0.29, 0.717) is 22.3 Å². The van der Waals surface area contributed by atoms with Crippen LogP contribution in [-0.2, 0) is 10.7 Å². The number of H-pyrrole nitrogens is 1. The lowest BCUT2D eigenvalue weighted by Crippen LogP contribution is -2.55. The molecule has 5 N–H and O–H groups in total. The standard InChI is InChI=1S/C39H38N6O6S/c46-22-32-35(47)36(48)38(52-51-32)43-37(49)26-14-15-28-30(20-26)41-33(24-6-2-1-3-7-24)34(40-28)25-12-10-23(11-13-25)21-44-18-16-27(17-19-44)45-31-9-5-4-8-29(31)42-39(45)50/h1-15,20,27,32,35-36,38,46-48H,16-19,21-22H2,(H,42,50)(H,43,49)/t32-,35-,36+,38?/m1/s1. The zero-order valence-electron chi connectivity index (χ0n) is 28.1. The van der Waals surface area contributed by atoms with Gasteiger partial charge >= 0.3 is 5.69 Å². The molecule has 0 aliphatic carbocycles. The topological polar surface area (TPSA) is 166 Å². The first-order valence-electron chi connectivity index (χ1n) is 17.3. The van der Waals surface area contributed by atoms with Gasteiger partial charge in [-0.25, -0.2) is 14.8 Å². The molecule has 0 saturated carbocycles. The molecular weight excluding hydrogens is 681 g/mol. The Morgan fingerprint density at radius 3 is 2.31 bits per heavy atom. The highest BCUT2D eigenvalue weighted by atomic mass is 32.2. The first-order chi connectivity index (χ1) is 25.4. The number of fused-ring (bicyclic) bond motifs is 2. The van der Waals surface area contributed by atoms with E-state index in [1.165, 1.54) is 5.56 Å². The Morgan fingerprint density at radius 2 is 1.56 bits per heavy atom. The summed E-state index contributed by atoms with van der Waals surface area (Å²) >= 11 is 0.799. The van der Waals surface area contributed by atoms with Crippen LogP contribution in [0, 0.1) is 0 Å². The number of amides is 1. The maximum absolute atomic E-state index is 13.2. The zero-order valence-corrected chi connectivity index (χ0v) is 28.9. The summed E-state index contributed by atoms with van der Waals surface area (Å²) in [6.07, 6.45) is -1.81. The molecule has 8 rings (SSSR count). The third kappa shape index (κ3) is 6.74. The molecule has 2 aromatic heterocycles. The molecule has 2 saturated heterocycles. The van der Waals surface area contributed by atoms with E-state index in [9.17, 15) is 24.9 Å². The Balaban J connectivity index is 0.995. The van der Waals surface area contributed by atoms with Gasteiger partial charge < -0.3 is 29.8 Å². The monoisotopic (exact) mass is 718 g/mol. The summed E-state index contributed by atoms with van der Waals surface area (Å²) in [7, 11) is 0. The van der Waals surface area contributed by atoms with Gasteiger partial charge in [-0.2, -0.15) is 0 Å². The van der Waals surface area contributed by atoms with Crippen molar-refractivity contribution in [2.75, 3.05) is 19.7 Å². The molecule has 4 heterocycles. The van der Waals surface area contributed by atoms with Crippen LogP contribution in [0.4, 0.5) is 0 Å². The van der Waals surface area contributed by atoms with E-state index in [-0.39, 0.29) is 11.7 Å². The molecule has 6 aromatic rings. The molecular formula is C39H38N6O6S. The van der Waals surface area contributed by atoms with Gasteiger partial charge in [0.1, 0.15) is 23.7 Å². The molecule has 13 heteroatoms. The molecule has 2 aliphatic heterocycles. The fourth-order valence-corrected chi connectivity index (χ4v) is 7.96. The smallest absolute Gasteiger partial charge is 0.326 e. The maximum atomic E-state index is 13.2. The van der Waals surface area contributed by atoms with Crippen LogP contribution in [0.1, 0.15) is 34.8 Å². The van der Waals surface area contributed by atoms with Crippen molar-refractivity contribution >= 4 is 40.0 Å². The number of nitrogens with one attached hydrogen (secondary N) is 2. The first-order valence-corrected chi connectivity index (χ1v) is 18.1. The second-order valence-electron chi connectivity index (χ2n) is 13.3. The Kier molecular flexibility index (Phi) is 9.62. The summed E-state index contributed by atoms with van der Waals surface area (Å²) in [5, 5.41) is 31.8. The average molecular weight is 719 g/mol. The van der Waals surface area contributed by atoms with Gasteiger partial charge in [0.2, 0.25) is 0 Å². The highest BCUT2D eigenvalue weighted by Gasteiger charge is 2.40. The quantitative estimate of drug-likeness (QED) is 0.144. The van der Waals surface area contributed by atoms with E-state index in [1.54, 1.807) is 18.2 Å². The largest absolute Gasteiger partial charge is 0.394 e. The van der Waals surface area contributed by atoms with Crippen molar-refractivity contribution in [2.45, 2.75) is 49.1 Å². The molecule has 2 aliphatic rings. The van der Waals surface area contributed by atoms with Crippen molar-refractivity contribution in [3.05, 3.63) is 119 Å². The number of para-hydroxylation sites is 2. The Bertz CT molecular complexity index is 2270. The SMILES string of the molecule is O=C(NC1SO[C@H](CO)[C@@H](O)[C@@H]1O)c1ccc2nc(-c3ccc(CN4CCC(n5c(=O)[nH]c6ccccc65)CC4)cc3)c(-c3ccccc3)nc2c1. The summed E-state index contributed by atoms with van der Waals surface area (Å²) in [5.74, 6) is -0.476. The van der Waals surface area contributed by atoms with Crippen molar-refractivity contribution in [3.8, 4) is 22.5 Å². The molecule has 0 radical (unpaired) electrons. The van der Waals surface area contributed by atoms with Crippen molar-refractivity contribution in [2.24, 2.45) is 0 Å². The number of nitrogens with zero attached hydrogens (tertiary/aromatic N) is 4. The summed E-state index contributed by atoms with van der Waals surface area (Å²) in [5.41, 5.74) is 7.63. The van der Waals surface area contributed by atoms with Gasteiger partial charge in [0.15, 0.2) is 0 Å². The van der Waals surface area contributed by atoms with E-state index in [2.05, 4.69) is 39.5 Å². The molecule has 0 bridgehead atoms. The van der Waals surface area contributed by atoms with E-state index in [4.69, 9.17) is 14.2 Å². The second-order valence-corrected chi connectivity index (χ2v) is 14.2. The minimum absolute atomic E-state index is 0.0438. The normalized spacial score (nSPS) is 21.4. The molecule has 12 nitrogen and oxygen atoms in total. The molecule has 266 valence electrons. The number of rotatable bonds is 8. The molecule has 1 amide bonds. The van der Waals surface area contributed by atoms with Crippen molar-refractivity contribution in [1.29, 1.82) is 0 Å². The van der Waals surface area contributed by atoms with E-state index < -0.39 is 36.2 Å². The Labute approximate surface area is 303 Å². The minimum Gasteiger partial charge on any atom is -0.394 e. The number of likely N-dealkylation sites (tertiary alicyclic amines) is 1. The van der Waals surface area contributed by atoms with Crippen LogP contribution >= 0.6 is 12.0 Å². The minimum atomic E-state index is -1.35. The highest BCUT2D eigenvalue weighted by Crippen LogP contribution is 2.33. The van der Waals surface area contributed by atoms with Crippen LogP contribution in [0.3, 0.4) is 0 Å². The number of carbonyl (C=O) groups is 1. The summed E-state index contributed by atoms with van der Waals surface area (Å²) < 4.78 is 7.25. The fourth-order valence-electron chi connectivity index (χ4n) is 7.10. The molecule has 0 spiro atoms. The van der Waals surface area contributed by atoms with E-state index in [1.807, 2.05) is 59.2 Å². The predicted octanol–water partition coefficient (Wildman–Crippen LogP) is 4.26. The molecule has 4 atom stereocenters. The van der Waals surface area contributed by atoms with Gasteiger partial charge in [-0.3, -0.25) is 14.3 Å². The van der Waals surface area contributed by atoms with Crippen LogP contribution in [0.25, 0.3) is 44.6 Å². The van der Waals surface area contributed by atoms with Crippen molar-refractivity contribution in [1.82, 2.24) is 29.7 Å². The van der Waals surface area contributed by atoms with Gasteiger partial charge in [0, 0.05) is 54.4 Å². The van der Waals surface area contributed by atoms with Crippen LogP contribution in [0.5, 0.6) is 0 Å². The third-order valence-electron chi connectivity index (χ3n) is 9.93. The van der Waals surface area contributed by atoms with Gasteiger partial charge in [0.05, 0.1) is 40.1 Å². The fraction of sp³-hybridized carbons (Fsp3) is 0.282. The average Bonchev–Trinajstić information content (AvgIpc) is 3.52. The number of hydrogen-bond donors (Lipinski definition) is 5. The van der Waals surface area contributed by atoms with Gasteiger partial charge in [-0.1, -0.05) is 66.7 Å². The first kappa shape index (κ1) is 34.2. The van der Waals surface area contributed by atoms with Crippen LogP contribution < -0.4 is 11.0 Å². The lowest BCUT2D eigenvalue weighted by molar-refractivity contribution is -0.0754. The second kappa shape index (κ2) is 14.6. The lowest BCUT2D eigenvalue weighted by atomic mass is 10.0. The number of imidazole rings is 1. The molecule has 2 fully saturated rings. The number of piperidine rings is 1. The molecule has 1 unspecified atom stereocenters. The number of benzene rings is 4. The van der Waals surface area contributed by atoms with Crippen LogP contribution in [0.2, 0.25) is 0 Å². The van der Waals surface area contributed by atoms with E-state index >= 15 is 0 Å². The number of hydrogen-bond acceptors (Lipinski definition) is 10. The Morgan fingerprint density at radius 1 is 0.865 bits per heavy atom. The van der Waals surface area contributed by atoms with Crippen LogP contribution in [0.15, 0.2) is 102 Å². The van der Waals surface area contributed by atoms with Gasteiger partial charge in [-0.05, 0) is 48.7 Å². The number of aliphatic hydroxyl groups is 3. The lowest BCUT2D eigenvalue weighted by Gasteiger charge is -2.35. The summed E-state index contributed by atoms with van der Waals surface area (Å²) in [6.45, 7) is 2.14. The van der Waals surface area contributed by atoms with Gasteiger partial charge in [-0.15, -0.1) is 0 Å². The maximum Gasteiger partial charge on any atom is 0.326 e.